The molecule has 2 aliphatic rings. The molecule has 9 nitrogen and oxygen atoms in total. The Hall–Kier alpha value is -3.28. The molecule has 0 radical (unpaired) electrons. The van der Waals surface area contributed by atoms with Gasteiger partial charge in [-0.25, -0.2) is 23.1 Å². The van der Waals surface area contributed by atoms with E-state index in [0.29, 0.717) is 31.6 Å². The fraction of sp³-hybridized carbons (Fsp3) is 0.320. The number of thiophene rings is 1. The van der Waals surface area contributed by atoms with Crippen molar-refractivity contribution in [1.82, 2.24) is 24.6 Å². The molecule has 0 bridgehead atoms. The monoisotopic (exact) mass is 522 g/mol. The van der Waals surface area contributed by atoms with Gasteiger partial charge in [-0.15, -0.1) is 11.3 Å². The molecule has 1 aromatic carbocycles. The largest absolute Gasteiger partial charge is 0.352 e. The van der Waals surface area contributed by atoms with Gasteiger partial charge < -0.3 is 14.8 Å². The van der Waals surface area contributed by atoms with Crippen molar-refractivity contribution in [2.75, 3.05) is 31.1 Å². The van der Waals surface area contributed by atoms with E-state index in [1.165, 1.54) is 12.1 Å². The van der Waals surface area contributed by atoms with Crippen LogP contribution < -0.4 is 9.62 Å². The van der Waals surface area contributed by atoms with Gasteiger partial charge in [0.25, 0.3) is 5.91 Å². The van der Waals surface area contributed by atoms with Crippen LogP contribution in [0.4, 0.5) is 5.82 Å². The van der Waals surface area contributed by atoms with Crippen LogP contribution >= 0.6 is 11.3 Å². The molecular weight excluding hydrogens is 496 g/mol. The molecular formula is C25H26N6O3S2. The Balaban J connectivity index is 1.13. The standard InChI is InChI=1S/C25H26N6O3S2/c32-24(18-3-5-20(6-4-18)36(33,34)29-12-7-19-2-1-15-35-19)31-14-13-30(16-25(31)9-10-25)23-21-8-11-26-22(21)27-17-28-23/h1-6,8,11,15,17,29H,7,9-10,12-14,16H2,(H,26,27,28). The number of rotatable bonds is 7. The van der Waals surface area contributed by atoms with Crippen LogP contribution in [-0.2, 0) is 16.4 Å². The van der Waals surface area contributed by atoms with Crippen molar-refractivity contribution in [2.45, 2.75) is 29.7 Å². The van der Waals surface area contributed by atoms with Gasteiger partial charge in [0.2, 0.25) is 10.0 Å². The molecule has 2 fully saturated rings. The van der Waals surface area contributed by atoms with Crippen molar-refractivity contribution >= 4 is 44.1 Å². The maximum absolute atomic E-state index is 13.4. The highest BCUT2D eigenvalue weighted by atomic mass is 32.2. The zero-order valence-corrected chi connectivity index (χ0v) is 21.2. The molecule has 3 aromatic heterocycles. The summed E-state index contributed by atoms with van der Waals surface area (Å²) in [6.07, 6.45) is 5.96. The van der Waals surface area contributed by atoms with Crippen LogP contribution in [-0.4, -0.2) is 65.9 Å². The highest BCUT2D eigenvalue weighted by Gasteiger charge is 2.53. The van der Waals surface area contributed by atoms with E-state index in [0.717, 1.165) is 41.1 Å². The van der Waals surface area contributed by atoms with E-state index in [1.54, 1.807) is 29.8 Å². The van der Waals surface area contributed by atoms with Gasteiger partial charge in [-0.1, -0.05) is 6.07 Å². The molecule has 186 valence electrons. The quantitative estimate of drug-likeness (QED) is 0.386. The summed E-state index contributed by atoms with van der Waals surface area (Å²) in [5.74, 6) is 0.831. The number of aromatic amines is 1. The number of sulfonamides is 1. The fourth-order valence-electron chi connectivity index (χ4n) is 4.94. The van der Waals surface area contributed by atoms with E-state index in [9.17, 15) is 13.2 Å². The first-order valence-corrected chi connectivity index (χ1v) is 14.3. The Kier molecular flexibility index (Phi) is 5.78. The Bertz CT molecular complexity index is 1490. The number of hydrogen-bond acceptors (Lipinski definition) is 7. The molecule has 0 unspecified atom stereocenters. The third kappa shape index (κ3) is 4.27. The van der Waals surface area contributed by atoms with E-state index >= 15 is 0 Å². The summed E-state index contributed by atoms with van der Waals surface area (Å²) in [6, 6.07) is 12.2. The lowest BCUT2D eigenvalue weighted by atomic mass is 10.1. The Labute approximate surface area is 213 Å². The lowest BCUT2D eigenvalue weighted by Crippen LogP contribution is -2.57. The highest BCUT2D eigenvalue weighted by Crippen LogP contribution is 2.46. The van der Waals surface area contributed by atoms with Crippen molar-refractivity contribution in [3.63, 3.8) is 0 Å². The summed E-state index contributed by atoms with van der Waals surface area (Å²) in [6.45, 7) is 2.30. The summed E-state index contributed by atoms with van der Waals surface area (Å²) in [7, 11) is -3.63. The second-order valence-electron chi connectivity index (χ2n) is 9.29. The minimum Gasteiger partial charge on any atom is -0.352 e. The van der Waals surface area contributed by atoms with Gasteiger partial charge >= 0.3 is 0 Å². The number of nitrogens with zero attached hydrogens (tertiary/aromatic N) is 4. The number of hydrogen-bond donors (Lipinski definition) is 2. The van der Waals surface area contributed by atoms with Gasteiger partial charge in [0, 0.05) is 42.8 Å². The zero-order valence-electron chi connectivity index (χ0n) is 19.6. The second-order valence-corrected chi connectivity index (χ2v) is 12.1. The average Bonchev–Trinajstić information content (AvgIpc) is 3.27. The predicted molar refractivity (Wildman–Crippen MR) is 139 cm³/mol. The number of H-pyrrole nitrogens is 1. The molecule has 2 N–H and O–H groups in total. The van der Waals surface area contributed by atoms with Crippen LogP contribution in [0.2, 0.25) is 0 Å². The second kappa shape index (κ2) is 8.99. The summed E-state index contributed by atoms with van der Waals surface area (Å²) in [5, 5.41) is 2.95. The van der Waals surface area contributed by atoms with E-state index < -0.39 is 10.0 Å². The average molecular weight is 523 g/mol. The van der Waals surface area contributed by atoms with Gasteiger partial charge in [0.1, 0.15) is 17.8 Å². The number of carbonyl (C=O) groups excluding carboxylic acids is 1. The van der Waals surface area contributed by atoms with E-state index in [1.807, 2.05) is 34.7 Å². The number of fused-ring (bicyclic) bond motifs is 1. The molecule has 6 rings (SSSR count). The van der Waals surface area contributed by atoms with E-state index in [4.69, 9.17) is 0 Å². The number of aromatic nitrogens is 3. The first kappa shape index (κ1) is 23.1. The van der Waals surface area contributed by atoms with Crippen molar-refractivity contribution < 1.29 is 13.2 Å². The van der Waals surface area contributed by atoms with Crippen LogP contribution in [0.25, 0.3) is 11.0 Å². The van der Waals surface area contributed by atoms with Gasteiger partial charge in [-0.2, -0.15) is 0 Å². The molecule has 1 aliphatic heterocycles. The van der Waals surface area contributed by atoms with Gasteiger partial charge in [-0.05, 0) is 61.0 Å². The number of amides is 1. The SMILES string of the molecule is O=C(c1ccc(S(=O)(=O)NCCc2cccs2)cc1)N1CCN(c2ncnc3[nH]ccc23)CC12CC2. The number of piperazine rings is 1. The minimum absolute atomic E-state index is 0.0590. The zero-order chi connectivity index (χ0) is 24.8. The Morgan fingerprint density at radius 1 is 1.11 bits per heavy atom. The highest BCUT2D eigenvalue weighted by molar-refractivity contribution is 7.89. The molecule has 1 saturated heterocycles. The molecule has 11 heteroatoms. The molecule has 0 atom stereocenters. The van der Waals surface area contributed by atoms with Crippen LogP contribution in [0.15, 0.2) is 65.3 Å². The molecule has 4 aromatic rings. The number of benzene rings is 1. The normalized spacial score (nSPS) is 17.1. The topological polar surface area (TPSA) is 111 Å². The maximum atomic E-state index is 13.4. The fourth-order valence-corrected chi connectivity index (χ4v) is 6.68. The van der Waals surface area contributed by atoms with Crippen molar-refractivity contribution in [1.29, 1.82) is 0 Å². The van der Waals surface area contributed by atoms with Crippen molar-refractivity contribution in [2.24, 2.45) is 0 Å². The third-order valence-corrected chi connectivity index (χ3v) is 9.42. The lowest BCUT2D eigenvalue weighted by molar-refractivity contribution is 0.0624. The summed E-state index contributed by atoms with van der Waals surface area (Å²) in [4.78, 5) is 30.9. The van der Waals surface area contributed by atoms with E-state index in [2.05, 4.69) is 24.6 Å². The van der Waals surface area contributed by atoms with Gasteiger partial charge in [0.15, 0.2) is 0 Å². The van der Waals surface area contributed by atoms with Gasteiger partial charge in [-0.3, -0.25) is 4.79 Å². The summed E-state index contributed by atoms with van der Waals surface area (Å²) >= 11 is 1.60. The van der Waals surface area contributed by atoms with Crippen LogP contribution in [0.5, 0.6) is 0 Å². The first-order valence-electron chi connectivity index (χ1n) is 11.9. The molecule has 36 heavy (non-hydrogen) atoms. The smallest absolute Gasteiger partial charge is 0.254 e. The lowest BCUT2D eigenvalue weighted by Gasteiger charge is -2.42. The number of anilines is 1. The molecule has 1 aliphatic carbocycles. The maximum Gasteiger partial charge on any atom is 0.254 e. The van der Waals surface area contributed by atoms with Crippen molar-refractivity contribution in [3.8, 4) is 0 Å². The third-order valence-electron chi connectivity index (χ3n) is 7.01. The molecule has 4 heterocycles. The van der Waals surface area contributed by atoms with Crippen LogP contribution in [0.1, 0.15) is 28.1 Å². The minimum atomic E-state index is -3.63. The molecule has 1 amide bonds. The molecule has 1 saturated carbocycles. The van der Waals surface area contributed by atoms with Crippen molar-refractivity contribution in [3.05, 3.63) is 70.8 Å². The Morgan fingerprint density at radius 3 is 2.69 bits per heavy atom. The number of carbonyl (C=O) groups is 1. The van der Waals surface area contributed by atoms with Crippen LogP contribution in [0, 0.1) is 0 Å². The van der Waals surface area contributed by atoms with Gasteiger partial charge in [0.05, 0.1) is 15.8 Å². The first-order chi connectivity index (χ1) is 17.5. The number of nitrogens with one attached hydrogen (secondary N) is 2. The van der Waals surface area contributed by atoms with Crippen LogP contribution in [0.3, 0.4) is 0 Å². The summed E-state index contributed by atoms with van der Waals surface area (Å²) < 4.78 is 28.0. The van der Waals surface area contributed by atoms with E-state index in [-0.39, 0.29) is 16.3 Å². The summed E-state index contributed by atoms with van der Waals surface area (Å²) in [5.41, 5.74) is 1.10. The molecule has 1 spiro atoms. The Morgan fingerprint density at radius 2 is 1.94 bits per heavy atom. The predicted octanol–water partition coefficient (Wildman–Crippen LogP) is 3.04.